The van der Waals surface area contributed by atoms with E-state index in [1.54, 1.807) is 0 Å². The van der Waals surface area contributed by atoms with Crippen LogP contribution in [0.3, 0.4) is 0 Å². The quantitative estimate of drug-likeness (QED) is 0.694. The summed E-state index contributed by atoms with van der Waals surface area (Å²) in [5, 5.41) is 18.6. The summed E-state index contributed by atoms with van der Waals surface area (Å²) in [6, 6.07) is 9.58. The molecular formula is C11H16O2. The Balaban J connectivity index is 3.03. The lowest BCUT2D eigenvalue weighted by Gasteiger charge is -2.30. The topological polar surface area (TPSA) is 40.5 Å². The van der Waals surface area contributed by atoms with Gasteiger partial charge >= 0.3 is 0 Å². The third-order valence-corrected chi connectivity index (χ3v) is 2.74. The van der Waals surface area contributed by atoms with E-state index >= 15 is 0 Å². The molecule has 0 radical (unpaired) electrons. The molecule has 1 unspecified atom stereocenters. The van der Waals surface area contributed by atoms with Crippen molar-refractivity contribution in [3.8, 4) is 0 Å². The average molecular weight is 180 g/mol. The van der Waals surface area contributed by atoms with Crippen molar-refractivity contribution in [3.05, 3.63) is 35.9 Å². The molecule has 0 spiro atoms. The second-order valence-corrected chi connectivity index (χ2v) is 3.51. The molecule has 0 aromatic heterocycles. The van der Waals surface area contributed by atoms with Crippen LogP contribution in [0.25, 0.3) is 0 Å². The minimum absolute atomic E-state index is 0.554. The Morgan fingerprint density at radius 1 is 1.23 bits per heavy atom. The molecule has 1 aromatic rings. The summed E-state index contributed by atoms with van der Waals surface area (Å²) in [5.74, 6) is 0. The van der Waals surface area contributed by atoms with E-state index in [-0.39, 0.29) is 0 Å². The summed E-state index contributed by atoms with van der Waals surface area (Å²) >= 11 is 0. The van der Waals surface area contributed by atoms with Gasteiger partial charge in [-0.25, -0.2) is 0 Å². The Morgan fingerprint density at radius 2 is 1.77 bits per heavy atom. The molecule has 2 N–H and O–H groups in total. The molecule has 0 amide bonds. The van der Waals surface area contributed by atoms with Crippen LogP contribution in [0.1, 0.15) is 25.8 Å². The summed E-state index contributed by atoms with van der Waals surface area (Å²) in [4.78, 5) is 0. The molecule has 0 heterocycles. The van der Waals surface area contributed by atoms with Crippen LogP contribution in [0, 0.1) is 0 Å². The van der Waals surface area contributed by atoms with Gasteiger partial charge in [0.1, 0.15) is 0 Å². The smallest absolute Gasteiger partial charge is 0.160 e. The lowest BCUT2D eigenvalue weighted by atomic mass is 9.79. The number of aliphatic hydroxyl groups excluding tert-OH is 1. The summed E-state index contributed by atoms with van der Waals surface area (Å²) in [5.41, 5.74) is 0.411. The van der Waals surface area contributed by atoms with Crippen molar-refractivity contribution in [1.82, 2.24) is 0 Å². The Hall–Kier alpha value is -0.860. The van der Waals surface area contributed by atoms with Gasteiger partial charge in [-0.1, -0.05) is 44.2 Å². The Morgan fingerprint density at radius 3 is 2.15 bits per heavy atom. The first kappa shape index (κ1) is 10.2. The van der Waals surface area contributed by atoms with Crippen molar-refractivity contribution in [3.63, 3.8) is 0 Å². The maximum absolute atomic E-state index is 9.28. The minimum Gasteiger partial charge on any atom is -0.367 e. The standard InChI is InChI=1S/C11H16O2/c1-3-11(2,10(12)13)9-7-5-4-6-8-9/h4-8,10,12-13H,3H2,1-2H3. The summed E-state index contributed by atoms with van der Waals surface area (Å²) in [7, 11) is 0. The van der Waals surface area contributed by atoms with Crippen molar-refractivity contribution in [2.24, 2.45) is 0 Å². The van der Waals surface area contributed by atoms with Crippen LogP contribution in [0.2, 0.25) is 0 Å². The molecule has 0 aliphatic rings. The molecule has 0 fully saturated rings. The van der Waals surface area contributed by atoms with Gasteiger partial charge in [0, 0.05) is 5.41 Å². The molecule has 13 heavy (non-hydrogen) atoms. The fraction of sp³-hybridized carbons (Fsp3) is 0.455. The van der Waals surface area contributed by atoms with Gasteiger partial charge in [0.25, 0.3) is 0 Å². The largest absolute Gasteiger partial charge is 0.367 e. The van der Waals surface area contributed by atoms with Crippen LogP contribution in [-0.4, -0.2) is 16.5 Å². The van der Waals surface area contributed by atoms with E-state index in [2.05, 4.69) is 0 Å². The highest BCUT2D eigenvalue weighted by molar-refractivity contribution is 5.24. The molecular weight excluding hydrogens is 164 g/mol. The normalized spacial score (nSPS) is 15.8. The summed E-state index contributed by atoms with van der Waals surface area (Å²) in [6.45, 7) is 3.80. The van der Waals surface area contributed by atoms with E-state index in [0.29, 0.717) is 6.42 Å². The van der Waals surface area contributed by atoms with Crippen molar-refractivity contribution in [2.45, 2.75) is 32.0 Å². The van der Waals surface area contributed by atoms with Gasteiger partial charge in [-0.2, -0.15) is 0 Å². The van der Waals surface area contributed by atoms with E-state index in [0.717, 1.165) is 5.56 Å². The fourth-order valence-corrected chi connectivity index (χ4v) is 1.35. The summed E-state index contributed by atoms with van der Waals surface area (Å²) in [6.07, 6.45) is -0.603. The highest BCUT2D eigenvalue weighted by atomic mass is 16.5. The van der Waals surface area contributed by atoms with E-state index in [9.17, 15) is 10.2 Å². The zero-order valence-electron chi connectivity index (χ0n) is 8.07. The predicted molar refractivity (Wildman–Crippen MR) is 52.3 cm³/mol. The van der Waals surface area contributed by atoms with Crippen LogP contribution < -0.4 is 0 Å². The number of hydrogen-bond donors (Lipinski definition) is 2. The second kappa shape index (κ2) is 3.90. The summed E-state index contributed by atoms with van der Waals surface area (Å²) < 4.78 is 0. The van der Waals surface area contributed by atoms with Crippen LogP contribution >= 0.6 is 0 Å². The van der Waals surface area contributed by atoms with Gasteiger partial charge < -0.3 is 10.2 Å². The van der Waals surface area contributed by atoms with Crippen LogP contribution in [0.15, 0.2) is 30.3 Å². The van der Waals surface area contributed by atoms with Crippen molar-refractivity contribution < 1.29 is 10.2 Å². The van der Waals surface area contributed by atoms with Crippen LogP contribution in [0.5, 0.6) is 0 Å². The van der Waals surface area contributed by atoms with E-state index in [1.165, 1.54) is 0 Å². The molecule has 0 aliphatic carbocycles. The van der Waals surface area contributed by atoms with Gasteiger partial charge in [0.05, 0.1) is 0 Å². The predicted octanol–water partition coefficient (Wildman–Crippen LogP) is 1.67. The zero-order valence-corrected chi connectivity index (χ0v) is 8.07. The molecule has 2 heteroatoms. The minimum atomic E-state index is -1.31. The zero-order chi connectivity index (χ0) is 9.90. The highest BCUT2D eigenvalue weighted by Gasteiger charge is 2.31. The lowest BCUT2D eigenvalue weighted by molar-refractivity contribution is -0.0960. The molecule has 0 aliphatic heterocycles. The second-order valence-electron chi connectivity index (χ2n) is 3.51. The number of benzene rings is 1. The number of rotatable bonds is 3. The lowest BCUT2D eigenvalue weighted by Crippen LogP contribution is -2.35. The molecule has 0 saturated carbocycles. The first-order chi connectivity index (χ1) is 6.11. The third kappa shape index (κ3) is 1.90. The van der Waals surface area contributed by atoms with Crippen molar-refractivity contribution in [1.29, 1.82) is 0 Å². The number of hydrogen-bond acceptors (Lipinski definition) is 2. The van der Waals surface area contributed by atoms with Gasteiger partial charge in [0.2, 0.25) is 0 Å². The molecule has 2 nitrogen and oxygen atoms in total. The number of aliphatic hydroxyl groups is 2. The van der Waals surface area contributed by atoms with E-state index in [4.69, 9.17) is 0 Å². The van der Waals surface area contributed by atoms with Gasteiger partial charge in [-0.3, -0.25) is 0 Å². The van der Waals surface area contributed by atoms with Gasteiger partial charge in [0.15, 0.2) is 6.29 Å². The van der Waals surface area contributed by atoms with Crippen LogP contribution in [0.4, 0.5) is 0 Å². The Bertz CT molecular complexity index is 256. The monoisotopic (exact) mass is 180 g/mol. The average Bonchev–Trinajstić information content (AvgIpc) is 2.17. The Labute approximate surface area is 78.8 Å². The molecule has 0 bridgehead atoms. The van der Waals surface area contributed by atoms with Crippen LogP contribution in [-0.2, 0) is 5.41 Å². The highest BCUT2D eigenvalue weighted by Crippen LogP contribution is 2.29. The van der Waals surface area contributed by atoms with Gasteiger partial charge in [-0.15, -0.1) is 0 Å². The molecule has 1 rings (SSSR count). The Kier molecular flexibility index (Phi) is 3.07. The maximum Gasteiger partial charge on any atom is 0.160 e. The molecule has 0 saturated heterocycles. The molecule has 1 atom stereocenters. The SMILES string of the molecule is CCC(C)(c1ccccc1)C(O)O. The third-order valence-electron chi connectivity index (χ3n) is 2.74. The maximum atomic E-state index is 9.28. The first-order valence-corrected chi connectivity index (χ1v) is 4.53. The van der Waals surface area contributed by atoms with Crippen molar-refractivity contribution >= 4 is 0 Å². The molecule has 72 valence electrons. The van der Waals surface area contributed by atoms with Crippen molar-refractivity contribution in [2.75, 3.05) is 0 Å². The first-order valence-electron chi connectivity index (χ1n) is 4.53. The molecule has 1 aromatic carbocycles. The van der Waals surface area contributed by atoms with E-state index < -0.39 is 11.7 Å². The fourth-order valence-electron chi connectivity index (χ4n) is 1.35. The van der Waals surface area contributed by atoms with E-state index in [1.807, 2.05) is 44.2 Å². The van der Waals surface area contributed by atoms with Gasteiger partial charge in [-0.05, 0) is 12.0 Å².